The largest absolute Gasteiger partial charge is 0.386 e. The van der Waals surface area contributed by atoms with Crippen molar-refractivity contribution < 1.29 is 9.84 Å². The fraction of sp³-hybridized carbons (Fsp3) is 0.636. The van der Waals surface area contributed by atoms with Gasteiger partial charge in [0.15, 0.2) is 0 Å². The smallest absolute Gasteiger partial charge is 0.145 e. The number of aliphatic hydroxyl groups is 1. The molecule has 0 amide bonds. The van der Waals surface area contributed by atoms with E-state index in [1.165, 1.54) is 0 Å². The summed E-state index contributed by atoms with van der Waals surface area (Å²) in [5, 5.41) is 13.2. The standard InChI is InChI=1S/C11H19N5O2/c1-2-8-14-9(5-10(15-8)16-12)13-6-11(17)3-4-18-7-11/h5,17H,2-4,6-7,12H2,1H3,(H2,13,14,15,16). The first-order valence-corrected chi connectivity index (χ1v) is 6.04. The van der Waals surface area contributed by atoms with Crippen molar-refractivity contribution in [3.8, 4) is 0 Å². The first kappa shape index (κ1) is 13.0. The van der Waals surface area contributed by atoms with Gasteiger partial charge in [0, 0.05) is 32.1 Å². The summed E-state index contributed by atoms with van der Waals surface area (Å²) in [7, 11) is 0. The maximum absolute atomic E-state index is 10.1. The first-order chi connectivity index (χ1) is 8.65. The van der Waals surface area contributed by atoms with Crippen molar-refractivity contribution in [3.05, 3.63) is 11.9 Å². The molecule has 1 unspecified atom stereocenters. The molecule has 1 aliphatic heterocycles. The summed E-state index contributed by atoms with van der Waals surface area (Å²) in [4.78, 5) is 8.52. The number of hydrogen-bond donors (Lipinski definition) is 4. The summed E-state index contributed by atoms with van der Waals surface area (Å²) < 4.78 is 5.18. The van der Waals surface area contributed by atoms with Crippen molar-refractivity contribution in [1.29, 1.82) is 0 Å². The summed E-state index contributed by atoms with van der Waals surface area (Å²) in [6.45, 7) is 3.32. The van der Waals surface area contributed by atoms with Crippen molar-refractivity contribution in [2.75, 3.05) is 30.5 Å². The molecular formula is C11H19N5O2. The van der Waals surface area contributed by atoms with E-state index in [2.05, 4.69) is 20.7 Å². The average Bonchev–Trinajstić information content (AvgIpc) is 2.83. The number of hydrogen-bond acceptors (Lipinski definition) is 7. The molecule has 0 aliphatic carbocycles. The van der Waals surface area contributed by atoms with Crippen LogP contribution in [-0.4, -0.2) is 40.4 Å². The number of rotatable bonds is 5. The van der Waals surface area contributed by atoms with Gasteiger partial charge in [-0.15, -0.1) is 0 Å². The highest BCUT2D eigenvalue weighted by Gasteiger charge is 2.32. The third kappa shape index (κ3) is 3.06. The SMILES string of the molecule is CCc1nc(NN)cc(NCC2(O)CCOC2)n1. The number of nitrogens with two attached hydrogens (primary N) is 1. The Balaban J connectivity index is 2.04. The zero-order valence-corrected chi connectivity index (χ0v) is 10.4. The minimum Gasteiger partial charge on any atom is -0.386 e. The summed E-state index contributed by atoms with van der Waals surface area (Å²) in [6, 6.07) is 1.71. The highest BCUT2D eigenvalue weighted by Crippen LogP contribution is 2.19. The lowest BCUT2D eigenvalue weighted by molar-refractivity contribution is 0.0381. The Morgan fingerprint density at radius 2 is 2.28 bits per heavy atom. The number of aromatic nitrogens is 2. The van der Waals surface area contributed by atoms with Crippen molar-refractivity contribution in [1.82, 2.24) is 9.97 Å². The van der Waals surface area contributed by atoms with Gasteiger partial charge in [-0.25, -0.2) is 15.8 Å². The Bertz CT molecular complexity index is 384. The van der Waals surface area contributed by atoms with Crippen molar-refractivity contribution in [2.45, 2.75) is 25.4 Å². The molecule has 0 bridgehead atoms. The lowest BCUT2D eigenvalue weighted by atomic mass is 10.0. The maximum Gasteiger partial charge on any atom is 0.145 e. The Morgan fingerprint density at radius 1 is 1.50 bits per heavy atom. The van der Waals surface area contributed by atoms with Crippen molar-refractivity contribution >= 4 is 11.6 Å². The molecule has 0 saturated carbocycles. The van der Waals surface area contributed by atoms with E-state index in [4.69, 9.17) is 10.6 Å². The minimum absolute atomic E-state index is 0.355. The van der Waals surface area contributed by atoms with Gasteiger partial charge in [0.2, 0.25) is 0 Å². The Hall–Kier alpha value is -1.44. The highest BCUT2D eigenvalue weighted by atomic mass is 16.5. The van der Waals surface area contributed by atoms with E-state index in [0.717, 1.165) is 6.42 Å². The molecule has 18 heavy (non-hydrogen) atoms. The molecule has 1 aromatic rings. The van der Waals surface area contributed by atoms with E-state index < -0.39 is 5.60 Å². The van der Waals surface area contributed by atoms with Crippen LogP contribution in [0.4, 0.5) is 11.6 Å². The van der Waals surface area contributed by atoms with Crippen LogP contribution in [0.15, 0.2) is 6.07 Å². The normalized spacial score (nSPS) is 23.1. The van der Waals surface area contributed by atoms with E-state index in [0.29, 0.717) is 43.6 Å². The number of nitrogen functional groups attached to an aromatic ring is 1. The molecule has 2 heterocycles. The van der Waals surface area contributed by atoms with Crippen LogP contribution < -0.4 is 16.6 Å². The molecule has 2 rings (SSSR count). The Morgan fingerprint density at radius 3 is 2.89 bits per heavy atom. The van der Waals surface area contributed by atoms with Crippen LogP contribution in [0.25, 0.3) is 0 Å². The van der Waals surface area contributed by atoms with Crippen LogP contribution in [0.1, 0.15) is 19.2 Å². The molecule has 1 saturated heterocycles. The molecule has 7 nitrogen and oxygen atoms in total. The Kier molecular flexibility index (Phi) is 3.95. The molecule has 1 fully saturated rings. The number of ether oxygens (including phenoxy) is 1. The molecule has 100 valence electrons. The van der Waals surface area contributed by atoms with Crippen molar-refractivity contribution in [3.63, 3.8) is 0 Å². The number of nitrogens with zero attached hydrogens (tertiary/aromatic N) is 2. The van der Waals surface area contributed by atoms with Crippen LogP contribution in [0, 0.1) is 0 Å². The third-order valence-electron chi connectivity index (χ3n) is 2.92. The second-order valence-corrected chi connectivity index (χ2v) is 4.43. The van der Waals surface area contributed by atoms with Crippen LogP contribution >= 0.6 is 0 Å². The van der Waals surface area contributed by atoms with Gasteiger partial charge >= 0.3 is 0 Å². The van der Waals surface area contributed by atoms with Gasteiger partial charge < -0.3 is 20.6 Å². The van der Waals surface area contributed by atoms with Crippen LogP contribution in [0.2, 0.25) is 0 Å². The van der Waals surface area contributed by atoms with Gasteiger partial charge in [-0.05, 0) is 0 Å². The summed E-state index contributed by atoms with van der Waals surface area (Å²) >= 11 is 0. The van der Waals surface area contributed by atoms with Crippen molar-refractivity contribution in [2.24, 2.45) is 5.84 Å². The second kappa shape index (κ2) is 5.47. The first-order valence-electron chi connectivity index (χ1n) is 6.04. The molecule has 1 atom stereocenters. The average molecular weight is 253 g/mol. The molecule has 7 heteroatoms. The number of anilines is 2. The molecule has 1 aliphatic rings. The predicted molar refractivity (Wildman–Crippen MR) is 68.1 cm³/mol. The van der Waals surface area contributed by atoms with E-state index in [-0.39, 0.29) is 0 Å². The quantitative estimate of drug-likeness (QED) is 0.428. The van der Waals surface area contributed by atoms with Gasteiger partial charge in [0.1, 0.15) is 23.1 Å². The van der Waals surface area contributed by atoms with Gasteiger partial charge in [-0.1, -0.05) is 6.92 Å². The molecule has 5 N–H and O–H groups in total. The second-order valence-electron chi connectivity index (χ2n) is 4.43. The van der Waals surface area contributed by atoms with Gasteiger partial charge in [0.25, 0.3) is 0 Å². The monoisotopic (exact) mass is 253 g/mol. The molecular weight excluding hydrogens is 234 g/mol. The maximum atomic E-state index is 10.1. The van der Waals surface area contributed by atoms with Gasteiger partial charge in [0.05, 0.1) is 6.61 Å². The fourth-order valence-corrected chi connectivity index (χ4v) is 1.81. The Labute approximate surface area is 106 Å². The fourth-order valence-electron chi connectivity index (χ4n) is 1.81. The highest BCUT2D eigenvalue weighted by molar-refractivity contribution is 5.47. The predicted octanol–water partition coefficient (Wildman–Crippen LogP) is -0.112. The van der Waals surface area contributed by atoms with Gasteiger partial charge in [-0.3, -0.25) is 0 Å². The van der Waals surface area contributed by atoms with Crippen LogP contribution in [0.3, 0.4) is 0 Å². The zero-order chi connectivity index (χ0) is 13.0. The third-order valence-corrected chi connectivity index (χ3v) is 2.92. The summed E-state index contributed by atoms with van der Waals surface area (Å²) in [6.07, 6.45) is 1.35. The van der Waals surface area contributed by atoms with Crippen LogP contribution in [0.5, 0.6) is 0 Å². The minimum atomic E-state index is -0.812. The van der Waals surface area contributed by atoms with Gasteiger partial charge in [-0.2, -0.15) is 0 Å². The topological polar surface area (TPSA) is 105 Å². The zero-order valence-electron chi connectivity index (χ0n) is 10.4. The molecule has 0 aromatic carbocycles. The number of hydrazine groups is 1. The summed E-state index contributed by atoms with van der Waals surface area (Å²) in [5.74, 6) is 7.25. The van der Waals surface area contributed by atoms with E-state index in [1.807, 2.05) is 6.92 Å². The molecule has 0 radical (unpaired) electrons. The number of aryl methyl sites for hydroxylation is 1. The lowest BCUT2D eigenvalue weighted by Gasteiger charge is -2.21. The van der Waals surface area contributed by atoms with E-state index >= 15 is 0 Å². The molecule has 1 aromatic heterocycles. The van der Waals surface area contributed by atoms with E-state index in [9.17, 15) is 5.11 Å². The summed E-state index contributed by atoms with van der Waals surface area (Å²) in [5.41, 5.74) is 1.69. The van der Waals surface area contributed by atoms with Crippen LogP contribution in [-0.2, 0) is 11.2 Å². The van der Waals surface area contributed by atoms with E-state index in [1.54, 1.807) is 6.07 Å². The number of nitrogens with one attached hydrogen (secondary N) is 2. The lowest BCUT2D eigenvalue weighted by Crippen LogP contribution is -2.37. The molecule has 0 spiro atoms.